The molecular weight excluding hydrogens is 289 g/mol. The highest BCUT2D eigenvalue weighted by Crippen LogP contribution is 2.37. The van der Waals surface area contributed by atoms with E-state index in [1.807, 2.05) is 0 Å². The van der Waals surface area contributed by atoms with Gasteiger partial charge in [0.1, 0.15) is 18.0 Å². The average Bonchev–Trinajstić information content (AvgIpc) is 2.63. The van der Waals surface area contributed by atoms with Crippen molar-refractivity contribution in [1.82, 2.24) is 10.0 Å². The van der Waals surface area contributed by atoms with Crippen LogP contribution in [0.3, 0.4) is 0 Å². The maximum absolute atomic E-state index is 14.5. The zero-order valence-corrected chi connectivity index (χ0v) is 11.1. The lowest BCUT2D eigenvalue weighted by molar-refractivity contribution is -0.117. The van der Waals surface area contributed by atoms with Crippen molar-refractivity contribution in [2.45, 2.75) is 13.0 Å². The molecule has 1 aromatic carbocycles. The fraction of sp³-hybridized carbons (Fsp3) is 0.364. The molecule has 7 nitrogen and oxygen atoms in total. The van der Waals surface area contributed by atoms with Gasteiger partial charge in [-0.05, 0) is 24.6 Å². The predicted octanol–water partition coefficient (Wildman–Crippen LogP) is -0.642. The fourth-order valence-corrected chi connectivity index (χ4v) is 3.61. The van der Waals surface area contributed by atoms with Crippen LogP contribution < -0.4 is 14.3 Å². The molecule has 0 radical (unpaired) electrons. The van der Waals surface area contributed by atoms with E-state index in [4.69, 9.17) is 0 Å². The molecule has 20 heavy (non-hydrogen) atoms. The Bertz CT molecular complexity index is 704. The monoisotopic (exact) mass is 301 g/mol. The lowest BCUT2D eigenvalue weighted by atomic mass is 9.99. The molecule has 2 aliphatic heterocycles. The van der Waals surface area contributed by atoms with Gasteiger partial charge in [0.15, 0.2) is 5.82 Å². The van der Waals surface area contributed by atoms with Crippen molar-refractivity contribution < 1.29 is 22.7 Å². The number of nitrogens with zero attached hydrogens (tertiary/aromatic N) is 1. The van der Waals surface area contributed by atoms with Gasteiger partial charge in [-0.15, -0.1) is 0 Å². The minimum absolute atomic E-state index is 0.254. The van der Waals surface area contributed by atoms with Gasteiger partial charge >= 0.3 is 10.2 Å². The number of hydrogen-bond acceptors (Lipinski definition) is 5. The Morgan fingerprint density at radius 1 is 1.40 bits per heavy atom. The van der Waals surface area contributed by atoms with E-state index >= 15 is 0 Å². The molecule has 1 saturated heterocycles. The number of carbonyl (C=O) groups excluding carboxylic acids is 1. The number of hydrogen-bond donors (Lipinski definition) is 3. The van der Waals surface area contributed by atoms with Crippen LogP contribution in [0, 0.1) is 5.82 Å². The number of rotatable bonds is 1. The molecule has 0 unspecified atom stereocenters. The molecular formula is C11H12FN3O4S. The molecule has 108 valence electrons. The van der Waals surface area contributed by atoms with Gasteiger partial charge in [-0.2, -0.15) is 8.42 Å². The number of nitrogens with one attached hydrogen (secondary N) is 2. The first-order chi connectivity index (χ1) is 9.40. The van der Waals surface area contributed by atoms with E-state index in [2.05, 4.69) is 5.32 Å². The van der Waals surface area contributed by atoms with Crippen molar-refractivity contribution in [3.63, 3.8) is 0 Å². The van der Waals surface area contributed by atoms with Crippen molar-refractivity contribution >= 4 is 21.8 Å². The number of anilines is 1. The molecule has 9 heteroatoms. The van der Waals surface area contributed by atoms with E-state index < -0.39 is 39.9 Å². The van der Waals surface area contributed by atoms with Crippen LogP contribution >= 0.6 is 0 Å². The minimum Gasteiger partial charge on any atom is -0.506 e. The molecule has 3 N–H and O–H groups in total. The van der Waals surface area contributed by atoms with E-state index in [0.717, 1.165) is 0 Å². The smallest absolute Gasteiger partial charge is 0.326 e. The van der Waals surface area contributed by atoms with Crippen LogP contribution in [-0.2, 0) is 28.0 Å². The summed E-state index contributed by atoms with van der Waals surface area (Å²) in [5.41, 5.74) is 0.475. The molecule has 1 aromatic rings. The molecule has 1 amide bonds. The van der Waals surface area contributed by atoms with Crippen LogP contribution in [0.1, 0.15) is 11.1 Å². The topological polar surface area (TPSA) is 98.7 Å². The van der Waals surface area contributed by atoms with Crippen LogP contribution in [0.15, 0.2) is 6.07 Å². The summed E-state index contributed by atoms with van der Waals surface area (Å²) in [6.45, 7) is 0.371. The van der Waals surface area contributed by atoms with E-state index in [0.29, 0.717) is 28.4 Å². The molecule has 1 fully saturated rings. The summed E-state index contributed by atoms with van der Waals surface area (Å²) < 4.78 is 40.3. The van der Waals surface area contributed by atoms with Crippen LogP contribution in [0.2, 0.25) is 0 Å². The number of carbonyl (C=O) groups is 1. The SMILES string of the molecule is O=C1CN(c2c(O)cc3c(c2F)CNCC3)S(=O)(=O)N1. The number of halogens is 1. The Morgan fingerprint density at radius 3 is 2.80 bits per heavy atom. The Balaban J connectivity index is 2.17. The van der Waals surface area contributed by atoms with Crippen LogP contribution in [0.5, 0.6) is 5.75 Å². The van der Waals surface area contributed by atoms with Gasteiger partial charge < -0.3 is 10.4 Å². The van der Waals surface area contributed by atoms with Gasteiger partial charge in [0.05, 0.1) is 0 Å². The molecule has 2 aliphatic rings. The van der Waals surface area contributed by atoms with E-state index in [1.165, 1.54) is 6.07 Å². The van der Waals surface area contributed by atoms with Gasteiger partial charge in [-0.1, -0.05) is 0 Å². The summed E-state index contributed by atoms with van der Waals surface area (Å²) >= 11 is 0. The van der Waals surface area contributed by atoms with Crippen LogP contribution in [0.4, 0.5) is 10.1 Å². The van der Waals surface area contributed by atoms with Crippen molar-refractivity contribution in [1.29, 1.82) is 0 Å². The number of phenolic OH excluding ortho intramolecular Hbond substituents is 1. The van der Waals surface area contributed by atoms with E-state index in [-0.39, 0.29) is 6.54 Å². The maximum atomic E-state index is 14.5. The number of benzene rings is 1. The first kappa shape index (κ1) is 13.1. The highest BCUT2D eigenvalue weighted by Gasteiger charge is 2.38. The predicted molar refractivity (Wildman–Crippen MR) is 67.9 cm³/mol. The quantitative estimate of drug-likeness (QED) is 0.641. The lowest BCUT2D eigenvalue weighted by Crippen LogP contribution is -2.31. The van der Waals surface area contributed by atoms with Crippen molar-refractivity contribution in [3.8, 4) is 5.75 Å². The van der Waals surface area contributed by atoms with Crippen molar-refractivity contribution in [3.05, 3.63) is 23.0 Å². The molecule has 0 spiro atoms. The summed E-state index contributed by atoms with van der Waals surface area (Å²) in [6.07, 6.45) is 0.546. The summed E-state index contributed by atoms with van der Waals surface area (Å²) in [7, 11) is -4.15. The zero-order chi connectivity index (χ0) is 14.5. The Kier molecular flexibility index (Phi) is 2.83. The third-order valence-corrected chi connectivity index (χ3v) is 4.73. The number of fused-ring (bicyclic) bond motifs is 1. The van der Waals surface area contributed by atoms with E-state index in [9.17, 15) is 22.7 Å². The number of amides is 1. The number of phenols is 1. The van der Waals surface area contributed by atoms with Crippen LogP contribution in [0.25, 0.3) is 0 Å². The summed E-state index contributed by atoms with van der Waals surface area (Å²) in [5, 5.41) is 12.9. The highest BCUT2D eigenvalue weighted by molar-refractivity contribution is 7.92. The second kappa shape index (κ2) is 4.32. The molecule has 2 heterocycles. The summed E-state index contributed by atoms with van der Waals surface area (Å²) in [5.74, 6) is -2.06. The van der Waals surface area contributed by atoms with Crippen LogP contribution in [-0.4, -0.2) is 32.5 Å². The van der Waals surface area contributed by atoms with Crippen molar-refractivity contribution in [2.24, 2.45) is 0 Å². The molecule has 0 aromatic heterocycles. The molecule has 3 rings (SSSR count). The average molecular weight is 301 g/mol. The fourth-order valence-electron chi connectivity index (χ4n) is 2.45. The highest BCUT2D eigenvalue weighted by atomic mass is 32.2. The Labute approximate surface area is 114 Å². The molecule has 0 atom stereocenters. The normalized spacial score (nSPS) is 20.6. The van der Waals surface area contributed by atoms with Crippen molar-refractivity contribution in [2.75, 3.05) is 17.4 Å². The maximum Gasteiger partial charge on any atom is 0.326 e. The van der Waals surface area contributed by atoms with E-state index in [1.54, 1.807) is 4.72 Å². The Morgan fingerprint density at radius 2 is 2.15 bits per heavy atom. The Hall–Kier alpha value is -1.87. The van der Waals surface area contributed by atoms with Gasteiger partial charge in [0.25, 0.3) is 5.91 Å². The summed E-state index contributed by atoms with van der Waals surface area (Å²) in [4.78, 5) is 11.2. The summed E-state index contributed by atoms with van der Waals surface area (Å²) in [6, 6.07) is 1.35. The number of aromatic hydroxyl groups is 1. The first-order valence-corrected chi connectivity index (χ1v) is 7.41. The second-order valence-corrected chi connectivity index (χ2v) is 6.25. The van der Waals surface area contributed by atoms with Gasteiger partial charge in [0, 0.05) is 12.1 Å². The molecule has 0 saturated carbocycles. The third-order valence-electron chi connectivity index (χ3n) is 3.36. The first-order valence-electron chi connectivity index (χ1n) is 5.97. The molecule has 0 bridgehead atoms. The van der Waals surface area contributed by atoms with Gasteiger partial charge in [0.2, 0.25) is 0 Å². The third kappa shape index (κ3) is 1.90. The lowest BCUT2D eigenvalue weighted by Gasteiger charge is -2.23. The molecule has 0 aliphatic carbocycles. The standard InChI is InChI=1S/C11H12FN3O4S/c12-10-7-4-13-2-1-6(7)3-8(16)11(10)15-5-9(17)14-20(15,18)19/h3,13,16H,1-2,4-5H2,(H,14,17). The second-order valence-electron chi connectivity index (χ2n) is 4.66. The minimum atomic E-state index is -4.15. The largest absolute Gasteiger partial charge is 0.506 e. The zero-order valence-electron chi connectivity index (χ0n) is 10.3. The van der Waals surface area contributed by atoms with Gasteiger partial charge in [-0.25, -0.2) is 13.4 Å². The van der Waals surface area contributed by atoms with Gasteiger partial charge in [-0.3, -0.25) is 4.79 Å².